The molecule has 2 heterocycles. The van der Waals surface area contributed by atoms with Crippen molar-refractivity contribution in [3.8, 4) is 17.2 Å². The van der Waals surface area contributed by atoms with Gasteiger partial charge in [0.15, 0.2) is 17.1 Å². The molecule has 39 heavy (non-hydrogen) atoms. The summed E-state index contributed by atoms with van der Waals surface area (Å²) in [6.45, 7) is 5.14. The molecule has 0 aliphatic rings. The molecule has 0 radical (unpaired) electrons. The lowest BCUT2D eigenvalue weighted by atomic mass is 10.1. The highest BCUT2D eigenvalue weighted by Gasteiger charge is 2.31. The normalized spacial score (nSPS) is 12.3. The average molecular weight is 540 g/mol. The van der Waals surface area contributed by atoms with Crippen molar-refractivity contribution < 1.29 is 27.4 Å². The number of aliphatic imine (C=N–C) groups is 1. The van der Waals surface area contributed by atoms with Gasteiger partial charge < -0.3 is 19.9 Å². The van der Waals surface area contributed by atoms with Crippen LogP contribution in [0.1, 0.15) is 30.5 Å². The first-order valence-electron chi connectivity index (χ1n) is 12.1. The summed E-state index contributed by atoms with van der Waals surface area (Å²) in [6.07, 6.45) is 0.821. The molecular formula is C28H28F3N5O3. The van der Waals surface area contributed by atoms with Gasteiger partial charge in [0.1, 0.15) is 17.9 Å². The molecule has 0 unspecified atom stereocenters. The molecule has 0 aliphatic carbocycles. The highest BCUT2D eigenvalue weighted by Crippen LogP contribution is 2.31. The second-order valence-corrected chi connectivity index (χ2v) is 8.46. The summed E-state index contributed by atoms with van der Waals surface area (Å²) < 4.78 is 54.1. The van der Waals surface area contributed by atoms with Gasteiger partial charge in [-0.3, -0.25) is 9.56 Å². The standard InChI is InChI=1S/C28H28F3N5O3/c1-4-20(14-33-5-2)21-13-23-26(34-15-21)36(27(32)35-23)16-19-8-11-24(25(12-19)37-3)38-17-18-6-9-22(10-7-18)39-28(29,30)31/h4,6-15H,5,16-17H2,1-3H3,(H2,32,35)/b20-4+,33-14?. The number of rotatable bonds is 10. The van der Waals surface area contributed by atoms with Crippen molar-refractivity contribution in [3.63, 3.8) is 0 Å². The molecule has 0 amide bonds. The third-order valence-electron chi connectivity index (χ3n) is 5.79. The van der Waals surface area contributed by atoms with Crippen molar-refractivity contribution >= 4 is 28.9 Å². The first kappa shape index (κ1) is 27.5. The van der Waals surface area contributed by atoms with Gasteiger partial charge in [0.2, 0.25) is 5.95 Å². The monoisotopic (exact) mass is 539 g/mol. The van der Waals surface area contributed by atoms with Gasteiger partial charge in [0.25, 0.3) is 0 Å². The Balaban J connectivity index is 1.49. The smallest absolute Gasteiger partial charge is 0.493 e. The van der Waals surface area contributed by atoms with Gasteiger partial charge in [-0.2, -0.15) is 0 Å². The summed E-state index contributed by atoms with van der Waals surface area (Å²) in [5, 5.41) is 0. The fourth-order valence-electron chi connectivity index (χ4n) is 3.91. The second-order valence-electron chi connectivity index (χ2n) is 8.46. The number of nitrogens with zero attached hydrogens (tertiary/aromatic N) is 4. The van der Waals surface area contributed by atoms with Crippen LogP contribution in [0, 0.1) is 0 Å². The number of ether oxygens (including phenoxy) is 3. The van der Waals surface area contributed by atoms with Crippen LogP contribution < -0.4 is 19.9 Å². The van der Waals surface area contributed by atoms with Crippen molar-refractivity contribution in [3.05, 3.63) is 77.5 Å². The Morgan fingerprint density at radius 2 is 1.82 bits per heavy atom. The molecule has 0 spiro atoms. The first-order chi connectivity index (χ1) is 18.7. The summed E-state index contributed by atoms with van der Waals surface area (Å²) in [6, 6.07) is 12.9. The lowest BCUT2D eigenvalue weighted by Gasteiger charge is -2.14. The maximum Gasteiger partial charge on any atom is 0.573 e. The summed E-state index contributed by atoms with van der Waals surface area (Å²) in [5.74, 6) is 1.01. The molecule has 0 saturated heterocycles. The van der Waals surface area contributed by atoms with Gasteiger partial charge >= 0.3 is 6.36 Å². The Hall–Kier alpha value is -4.54. The number of fused-ring (bicyclic) bond motifs is 1. The predicted molar refractivity (Wildman–Crippen MR) is 144 cm³/mol. The molecule has 2 aromatic heterocycles. The quantitative estimate of drug-likeness (QED) is 0.247. The Morgan fingerprint density at radius 3 is 2.49 bits per heavy atom. The topological polar surface area (TPSA) is 96.8 Å². The third kappa shape index (κ3) is 6.86. The lowest BCUT2D eigenvalue weighted by molar-refractivity contribution is -0.274. The minimum Gasteiger partial charge on any atom is -0.493 e. The number of benzene rings is 2. The van der Waals surface area contributed by atoms with Crippen LogP contribution in [0.3, 0.4) is 0 Å². The number of imidazole rings is 1. The van der Waals surface area contributed by atoms with Crippen molar-refractivity contribution in [2.75, 3.05) is 19.4 Å². The second kappa shape index (κ2) is 11.9. The molecule has 4 rings (SSSR count). The van der Waals surface area contributed by atoms with E-state index in [1.54, 1.807) is 12.3 Å². The zero-order chi connectivity index (χ0) is 28.0. The molecule has 8 nitrogen and oxygen atoms in total. The number of anilines is 1. The molecule has 204 valence electrons. The van der Waals surface area contributed by atoms with Crippen LogP contribution in [0.4, 0.5) is 19.1 Å². The molecule has 0 fully saturated rings. The maximum absolute atomic E-state index is 12.4. The molecule has 0 bridgehead atoms. The minimum atomic E-state index is -4.74. The van der Waals surface area contributed by atoms with Gasteiger partial charge in [-0.25, -0.2) is 9.97 Å². The van der Waals surface area contributed by atoms with E-state index in [0.717, 1.165) is 16.7 Å². The number of halogens is 3. The van der Waals surface area contributed by atoms with Crippen molar-refractivity contribution in [1.82, 2.24) is 14.5 Å². The van der Waals surface area contributed by atoms with Crippen LogP contribution in [0.2, 0.25) is 0 Å². The van der Waals surface area contributed by atoms with Crippen LogP contribution in [-0.4, -0.2) is 40.8 Å². The molecule has 2 N–H and O–H groups in total. The van der Waals surface area contributed by atoms with E-state index in [2.05, 4.69) is 19.7 Å². The van der Waals surface area contributed by atoms with E-state index < -0.39 is 6.36 Å². The largest absolute Gasteiger partial charge is 0.573 e. The number of nitrogen functional groups attached to an aromatic ring is 1. The number of allylic oxidation sites excluding steroid dienone is 2. The van der Waals surface area contributed by atoms with E-state index in [9.17, 15) is 13.2 Å². The molecule has 0 saturated carbocycles. The zero-order valence-corrected chi connectivity index (χ0v) is 21.7. The van der Waals surface area contributed by atoms with Gasteiger partial charge in [-0.15, -0.1) is 13.2 Å². The Labute approximate surface area is 223 Å². The summed E-state index contributed by atoms with van der Waals surface area (Å²) in [4.78, 5) is 13.4. The number of methoxy groups -OCH3 is 1. The fourth-order valence-corrected chi connectivity index (χ4v) is 3.91. The highest BCUT2D eigenvalue weighted by molar-refractivity contribution is 6.10. The summed E-state index contributed by atoms with van der Waals surface area (Å²) in [7, 11) is 1.53. The minimum absolute atomic E-state index is 0.129. The summed E-state index contributed by atoms with van der Waals surface area (Å²) >= 11 is 0. The number of hydrogen-bond acceptors (Lipinski definition) is 7. The Kier molecular flexibility index (Phi) is 8.38. The predicted octanol–water partition coefficient (Wildman–Crippen LogP) is 6.04. The van der Waals surface area contributed by atoms with E-state index in [-0.39, 0.29) is 12.4 Å². The van der Waals surface area contributed by atoms with Crippen molar-refractivity contribution in [2.24, 2.45) is 4.99 Å². The SMILES string of the molecule is C/C=C(\C=NCC)c1cnc2c(c1)nc(N)n2Cc1ccc(OCc2ccc(OC(F)(F)F)cc2)c(OC)c1. The van der Waals surface area contributed by atoms with Crippen LogP contribution in [0.15, 0.2) is 65.8 Å². The van der Waals surface area contributed by atoms with Crippen LogP contribution in [0.25, 0.3) is 16.7 Å². The molecular weight excluding hydrogens is 511 g/mol. The van der Waals surface area contributed by atoms with E-state index in [1.807, 2.05) is 48.9 Å². The molecule has 0 atom stereocenters. The molecule has 11 heteroatoms. The van der Waals surface area contributed by atoms with E-state index in [4.69, 9.17) is 15.2 Å². The third-order valence-corrected chi connectivity index (χ3v) is 5.79. The maximum atomic E-state index is 12.4. The van der Waals surface area contributed by atoms with Gasteiger partial charge in [-0.1, -0.05) is 24.3 Å². The molecule has 0 aliphatic heterocycles. The van der Waals surface area contributed by atoms with Gasteiger partial charge in [0, 0.05) is 24.5 Å². The number of pyridine rings is 1. The molecule has 2 aromatic carbocycles. The Morgan fingerprint density at radius 1 is 1.08 bits per heavy atom. The van der Waals surface area contributed by atoms with E-state index in [0.29, 0.717) is 47.3 Å². The Bertz CT molecular complexity index is 1500. The molecule has 4 aromatic rings. The van der Waals surface area contributed by atoms with Gasteiger partial charge in [0.05, 0.1) is 13.7 Å². The van der Waals surface area contributed by atoms with Crippen LogP contribution in [0.5, 0.6) is 17.2 Å². The summed E-state index contributed by atoms with van der Waals surface area (Å²) in [5.41, 5.74) is 11.0. The van der Waals surface area contributed by atoms with Gasteiger partial charge in [-0.05, 0) is 60.9 Å². The number of alkyl halides is 3. The van der Waals surface area contributed by atoms with Crippen LogP contribution >= 0.6 is 0 Å². The fraction of sp³-hybridized carbons (Fsp3) is 0.250. The van der Waals surface area contributed by atoms with Crippen molar-refractivity contribution in [2.45, 2.75) is 33.4 Å². The van der Waals surface area contributed by atoms with Crippen LogP contribution in [-0.2, 0) is 13.2 Å². The number of aromatic nitrogens is 3. The van der Waals surface area contributed by atoms with Crippen molar-refractivity contribution in [1.29, 1.82) is 0 Å². The lowest BCUT2D eigenvalue weighted by Crippen LogP contribution is -2.17. The van der Waals surface area contributed by atoms with E-state index >= 15 is 0 Å². The zero-order valence-electron chi connectivity index (χ0n) is 21.7. The average Bonchev–Trinajstić information content (AvgIpc) is 3.22. The number of nitrogens with two attached hydrogens (primary N) is 1. The number of hydrogen-bond donors (Lipinski definition) is 1. The highest BCUT2D eigenvalue weighted by atomic mass is 19.4. The van der Waals surface area contributed by atoms with E-state index in [1.165, 1.54) is 31.4 Å². The first-order valence-corrected chi connectivity index (χ1v) is 12.1.